The van der Waals surface area contributed by atoms with Crippen molar-refractivity contribution < 1.29 is 4.74 Å². The monoisotopic (exact) mass is 345 g/mol. The SMILES string of the molecule is CCNC(=NCCOCc1ccccc1)N(C)CCc1cccs1. The summed E-state index contributed by atoms with van der Waals surface area (Å²) in [5, 5.41) is 5.47. The van der Waals surface area contributed by atoms with Crippen molar-refractivity contribution in [3.8, 4) is 0 Å². The zero-order chi connectivity index (χ0) is 17.0. The van der Waals surface area contributed by atoms with E-state index < -0.39 is 0 Å². The highest BCUT2D eigenvalue weighted by molar-refractivity contribution is 7.09. The molecule has 2 aromatic rings. The van der Waals surface area contributed by atoms with Crippen LogP contribution in [0.25, 0.3) is 0 Å². The van der Waals surface area contributed by atoms with Crippen LogP contribution in [0.1, 0.15) is 17.4 Å². The van der Waals surface area contributed by atoms with Crippen LogP contribution in [0.3, 0.4) is 0 Å². The molecule has 0 fully saturated rings. The largest absolute Gasteiger partial charge is 0.375 e. The number of aliphatic imine (C=N–C) groups is 1. The molecule has 0 saturated heterocycles. The molecule has 0 aliphatic heterocycles. The summed E-state index contributed by atoms with van der Waals surface area (Å²) in [6.07, 6.45) is 1.04. The van der Waals surface area contributed by atoms with E-state index in [0.29, 0.717) is 19.8 Å². The van der Waals surface area contributed by atoms with Gasteiger partial charge >= 0.3 is 0 Å². The minimum Gasteiger partial charge on any atom is -0.375 e. The van der Waals surface area contributed by atoms with E-state index in [4.69, 9.17) is 4.74 Å². The zero-order valence-electron chi connectivity index (χ0n) is 14.6. The lowest BCUT2D eigenvalue weighted by atomic mass is 10.2. The quantitative estimate of drug-likeness (QED) is 0.430. The van der Waals surface area contributed by atoms with E-state index >= 15 is 0 Å². The van der Waals surface area contributed by atoms with Crippen molar-refractivity contribution in [2.75, 3.05) is 33.3 Å². The molecule has 0 aliphatic carbocycles. The van der Waals surface area contributed by atoms with Gasteiger partial charge in [-0.05, 0) is 30.4 Å². The predicted molar refractivity (Wildman–Crippen MR) is 103 cm³/mol. The molecule has 130 valence electrons. The number of benzene rings is 1. The Balaban J connectivity index is 1.72. The third-order valence-electron chi connectivity index (χ3n) is 3.58. The Bertz CT molecular complexity index is 584. The fourth-order valence-corrected chi connectivity index (χ4v) is 2.99. The molecule has 5 heteroatoms. The minimum atomic E-state index is 0.628. The number of hydrogen-bond acceptors (Lipinski definition) is 3. The van der Waals surface area contributed by atoms with Crippen molar-refractivity contribution in [1.29, 1.82) is 0 Å². The molecule has 1 N–H and O–H groups in total. The molecule has 4 nitrogen and oxygen atoms in total. The van der Waals surface area contributed by atoms with Gasteiger partial charge in [-0.15, -0.1) is 11.3 Å². The van der Waals surface area contributed by atoms with Gasteiger partial charge in [-0.1, -0.05) is 36.4 Å². The van der Waals surface area contributed by atoms with Crippen molar-refractivity contribution in [1.82, 2.24) is 10.2 Å². The lowest BCUT2D eigenvalue weighted by molar-refractivity contribution is 0.128. The minimum absolute atomic E-state index is 0.628. The number of ether oxygens (including phenoxy) is 1. The third-order valence-corrected chi connectivity index (χ3v) is 4.52. The van der Waals surface area contributed by atoms with Gasteiger partial charge in [-0.25, -0.2) is 0 Å². The van der Waals surface area contributed by atoms with Crippen LogP contribution in [0.2, 0.25) is 0 Å². The maximum absolute atomic E-state index is 5.70. The van der Waals surface area contributed by atoms with Gasteiger partial charge in [-0.2, -0.15) is 0 Å². The maximum Gasteiger partial charge on any atom is 0.193 e. The summed E-state index contributed by atoms with van der Waals surface area (Å²) in [4.78, 5) is 8.24. The van der Waals surface area contributed by atoms with Gasteiger partial charge in [0.25, 0.3) is 0 Å². The number of thiophene rings is 1. The summed E-state index contributed by atoms with van der Waals surface area (Å²) < 4.78 is 5.70. The molecule has 0 spiro atoms. The topological polar surface area (TPSA) is 36.9 Å². The van der Waals surface area contributed by atoms with E-state index in [1.807, 2.05) is 18.2 Å². The first-order chi connectivity index (χ1) is 11.8. The second-order valence-corrected chi connectivity index (χ2v) is 6.56. The first-order valence-electron chi connectivity index (χ1n) is 8.43. The summed E-state index contributed by atoms with van der Waals surface area (Å²) in [7, 11) is 2.08. The summed E-state index contributed by atoms with van der Waals surface area (Å²) in [5.41, 5.74) is 1.20. The molecule has 2 rings (SSSR count). The van der Waals surface area contributed by atoms with Gasteiger partial charge in [0, 0.05) is 25.0 Å². The maximum atomic E-state index is 5.70. The molecule has 1 aromatic carbocycles. The van der Waals surface area contributed by atoms with Crippen LogP contribution in [-0.4, -0.2) is 44.1 Å². The number of rotatable bonds is 9. The van der Waals surface area contributed by atoms with Crippen molar-refractivity contribution in [2.45, 2.75) is 20.0 Å². The highest BCUT2D eigenvalue weighted by atomic mass is 32.1. The first-order valence-corrected chi connectivity index (χ1v) is 9.31. The van der Waals surface area contributed by atoms with Crippen LogP contribution in [0.4, 0.5) is 0 Å². The molecule has 0 atom stereocenters. The fourth-order valence-electron chi connectivity index (χ4n) is 2.29. The number of nitrogens with one attached hydrogen (secondary N) is 1. The molecule has 0 aliphatic rings. The summed E-state index contributed by atoms with van der Waals surface area (Å²) >= 11 is 1.81. The summed E-state index contributed by atoms with van der Waals surface area (Å²) in [6.45, 7) is 5.85. The van der Waals surface area contributed by atoms with E-state index in [0.717, 1.165) is 25.5 Å². The third kappa shape index (κ3) is 6.72. The van der Waals surface area contributed by atoms with Crippen molar-refractivity contribution >= 4 is 17.3 Å². The van der Waals surface area contributed by atoms with Crippen LogP contribution in [-0.2, 0) is 17.8 Å². The second kappa shape index (κ2) is 10.8. The van der Waals surface area contributed by atoms with E-state index in [2.05, 4.69) is 58.8 Å². The standard InChI is InChI=1S/C19H27N3OS/c1-3-20-19(22(2)13-11-18-10-7-15-24-18)21-12-14-23-16-17-8-5-4-6-9-17/h4-10,15H,3,11-14,16H2,1-2H3,(H,20,21). The normalized spacial score (nSPS) is 11.5. The Morgan fingerprint density at radius 2 is 2.04 bits per heavy atom. The van der Waals surface area contributed by atoms with E-state index in [1.54, 1.807) is 11.3 Å². The number of hydrogen-bond donors (Lipinski definition) is 1. The number of nitrogens with zero attached hydrogens (tertiary/aromatic N) is 2. The Kier molecular flexibility index (Phi) is 8.35. The van der Waals surface area contributed by atoms with Gasteiger partial charge in [0.2, 0.25) is 0 Å². The lowest BCUT2D eigenvalue weighted by Gasteiger charge is -2.21. The molecule has 0 radical (unpaired) electrons. The van der Waals surface area contributed by atoms with Crippen LogP contribution in [0.5, 0.6) is 0 Å². The lowest BCUT2D eigenvalue weighted by Crippen LogP contribution is -2.40. The molecule has 0 amide bonds. The van der Waals surface area contributed by atoms with Crippen LogP contribution < -0.4 is 5.32 Å². The Morgan fingerprint density at radius 1 is 1.21 bits per heavy atom. The van der Waals surface area contributed by atoms with E-state index in [-0.39, 0.29) is 0 Å². The van der Waals surface area contributed by atoms with Crippen LogP contribution >= 0.6 is 11.3 Å². The number of likely N-dealkylation sites (N-methyl/N-ethyl adjacent to an activating group) is 1. The molecule has 1 aromatic heterocycles. The summed E-state index contributed by atoms with van der Waals surface area (Å²) in [5.74, 6) is 0.942. The van der Waals surface area contributed by atoms with Crippen LogP contribution in [0, 0.1) is 0 Å². The smallest absolute Gasteiger partial charge is 0.193 e. The van der Waals surface area contributed by atoms with Gasteiger partial charge in [-0.3, -0.25) is 4.99 Å². The predicted octanol–water partition coefficient (Wildman–Crippen LogP) is 3.40. The zero-order valence-corrected chi connectivity index (χ0v) is 15.4. The van der Waals surface area contributed by atoms with E-state index in [1.165, 1.54) is 10.4 Å². The summed E-state index contributed by atoms with van der Waals surface area (Å²) in [6, 6.07) is 14.5. The van der Waals surface area contributed by atoms with Gasteiger partial charge in [0.05, 0.1) is 19.8 Å². The molecular weight excluding hydrogens is 318 g/mol. The number of guanidine groups is 1. The molecule has 0 unspecified atom stereocenters. The molecular formula is C19H27N3OS. The average molecular weight is 346 g/mol. The first kappa shape index (κ1) is 18.5. The van der Waals surface area contributed by atoms with Gasteiger partial charge in [0.1, 0.15) is 0 Å². The van der Waals surface area contributed by atoms with E-state index in [9.17, 15) is 0 Å². The van der Waals surface area contributed by atoms with Gasteiger partial charge < -0.3 is 15.0 Å². The Hall–Kier alpha value is -1.85. The average Bonchev–Trinajstić information content (AvgIpc) is 3.13. The Labute approximate surface area is 149 Å². The van der Waals surface area contributed by atoms with Crippen LogP contribution in [0.15, 0.2) is 52.8 Å². The fraction of sp³-hybridized carbons (Fsp3) is 0.421. The molecule has 24 heavy (non-hydrogen) atoms. The van der Waals surface area contributed by atoms with Crippen molar-refractivity contribution in [3.05, 3.63) is 58.3 Å². The second-order valence-electron chi connectivity index (χ2n) is 5.52. The molecule has 1 heterocycles. The molecule has 0 saturated carbocycles. The highest BCUT2D eigenvalue weighted by Crippen LogP contribution is 2.09. The molecule has 0 bridgehead atoms. The Morgan fingerprint density at radius 3 is 2.75 bits per heavy atom. The van der Waals surface area contributed by atoms with Gasteiger partial charge in [0.15, 0.2) is 5.96 Å². The highest BCUT2D eigenvalue weighted by Gasteiger charge is 2.05. The van der Waals surface area contributed by atoms with Crippen molar-refractivity contribution in [3.63, 3.8) is 0 Å². The van der Waals surface area contributed by atoms with Crippen molar-refractivity contribution in [2.24, 2.45) is 4.99 Å².